The van der Waals surface area contributed by atoms with Crippen LogP contribution in [-0.2, 0) is 5.72 Å². The quantitative estimate of drug-likeness (QED) is 0.763. The molecule has 3 heteroatoms. The highest BCUT2D eigenvalue weighted by molar-refractivity contribution is 9.10. The van der Waals surface area contributed by atoms with E-state index in [0.717, 1.165) is 10.0 Å². The molecule has 1 atom stereocenters. The van der Waals surface area contributed by atoms with Crippen LogP contribution in [0.4, 0.5) is 0 Å². The van der Waals surface area contributed by atoms with Gasteiger partial charge in [0.25, 0.3) is 0 Å². The molecule has 0 spiro atoms. The maximum Gasteiger partial charge on any atom is 0.139 e. The lowest BCUT2D eigenvalue weighted by atomic mass is 10.0. The van der Waals surface area contributed by atoms with Gasteiger partial charge in [0.15, 0.2) is 0 Å². The maximum atomic E-state index is 9.68. The molecule has 0 radical (unpaired) electrons. The summed E-state index contributed by atoms with van der Waals surface area (Å²) in [5, 5.41) is 9.68. The molecule has 12 heavy (non-hydrogen) atoms. The predicted octanol–water partition coefficient (Wildman–Crippen LogP) is 1.96. The number of hydrogen-bond donors (Lipinski definition) is 2. The summed E-state index contributed by atoms with van der Waals surface area (Å²) in [6, 6.07) is 7.39. The first-order chi connectivity index (χ1) is 5.56. The largest absolute Gasteiger partial charge is 0.372 e. The molecule has 0 saturated heterocycles. The monoisotopic (exact) mass is 229 g/mol. The third kappa shape index (κ3) is 2.06. The molecule has 0 aliphatic rings. The number of hydrogen-bond acceptors (Lipinski definition) is 2. The van der Waals surface area contributed by atoms with Crippen LogP contribution in [0.25, 0.3) is 0 Å². The van der Waals surface area contributed by atoms with E-state index in [4.69, 9.17) is 5.73 Å². The number of rotatable bonds is 2. The maximum absolute atomic E-state index is 9.68. The molecule has 0 aliphatic carbocycles. The van der Waals surface area contributed by atoms with Gasteiger partial charge >= 0.3 is 0 Å². The molecular formula is C9H12BrNO. The van der Waals surface area contributed by atoms with Crippen LogP contribution in [0.2, 0.25) is 0 Å². The van der Waals surface area contributed by atoms with Crippen molar-refractivity contribution in [3.63, 3.8) is 0 Å². The zero-order valence-electron chi connectivity index (χ0n) is 6.92. The highest BCUT2D eigenvalue weighted by Crippen LogP contribution is 2.21. The van der Waals surface area contributed by atoms with Gasteiger partial charge in [-0.2, -0.15) is 0 Å². The number of aliphatic hydroxyl groups is 1. The topological polar surface area (TPSA) is 46.2 Å². The SMILES string of the molecule is CCC(N)(O)c1cccc(Br)c1. The molecule has 1 unspecified atom stereocenters. The summed E-state index contributed by atoms with van der Waals surface area (Å²) in [6.07, 6.45) is 0.503. The fourth-order valence-electron chi connectivity index (χ4n) is 0.962. The number of halogens is 1. The van der Waals surface area contributed by atoms with Crippen molar-refractivity contribution in [2.45, 2.75) is 19.1 Å². The van der Waals surface area contributed by atoms with E-state index < -0.39 is 5.72 Å². The van der Waals surface area contributed by atoms with Crippen molar-refractivity contribution in [3.8, 4) is 0 Å². The number of benzene rings is 1. The van der Waals surface area contributed by atoms with Crippen LogP contribution in [0.1, 0.15) is 18.9 Å². The zero-order valence-corrected chi connectivity index (χ0v) is 8.51. The van der Waals surface area contributed by atoms with E-state index in [9.17, 15) is 5.11 Å². The van der Waals surface area contributed by atoms with Crippen LogP contribution < -0.4 is 5.73 Å². The molecule has 0 bridgehead atoms. The minimum Gasteiger partial charge on any atom is -0.372 e. The van der Waals surface area contributed by atoms with Crippen LogP contribution in [0.15, 0.2) is 28.7 Å². The minimum absolute atomic E-state index is 0.503. The first-order valence-corrected chi connectivity index (χ1v) is 4.63. The van der Waals surface area contributed by atoms with Gasteiger partial charge in [0.2, 0.25) is 0 Å². The fraction of sp³-hybridized carbons (Fsp3) is 0.333. The summed E-state index contributed by atoms with van der Waals surface area (Å²) in [5.74, 6) is 0. The van der Waals surface area contributed by atoms with E-state index in [2.05, 4.69) is 15.9 Å². The normalized spacial score (nSPS) is 15.7. The second-order valence-electron chi connectivity index (χ2n) is 2.79. The first kappa shape index (κ1) is 9.71. The van der Waals surface area contributed by atoms with Gasteiger partial charge < -0.3 is 5.11 Å². The average molecular weight is 230 g/mol. The van der Waals surface area contributed by atoms with Crippen molar-refractivity contribution >= 4 is 15.9 Å². The summed E-state index contributed by atoms with van der Waals surface area (Å²) >= 11 is 3.32. The van der Waals surface area contributed by atoms with Gasteiger partial charge in [-0.15, -0.1) is 0 Å². The van der Waals surface area contributed by atoms with Gasteiger partial charge in [0.05, 0.1) is 0 Å². The molecular weight excluding hydrogens is 218 g/mol. The van der Waals surface area contributed by atoms with E-state index in [-0.39, 0.29) is 0 Å². The summed E-state index contributed by atoms with van der Waals surface area (Å²) < 4.78 is 0.928. The lowest BCUT2D eigenvalue weighted by Crippen LogP contribution is -2.35. The molecule has 1 aromatic carbocycles. The van der Waals surface area contributed by atoms with Crippen molar-refractivity contribution in [3.05, 3.63) is 34.3 Å². The second-order valence-corrected chi connectivity index (χ2v) is 3.70. The fourth-order valence-corrected chi connectivity index (χ4v) is 1.36. The molecule has 0 heterocycles. The first-order valence-electron chi connectivity index (χ1n) is 3.83. The van der Waals surface area contributed by atoms with E-state index in [1.54, 1.807) is 0 Å². The van der Waals surface area contributed by atoms with E-state index in [1.165, 1.54) is 0 Å². The summed E-state index contributed by atoms with van der Waals surface area (Å²) in [5.41, 5.74) is 5.17. The van der Waals surface area contributed by atoms with E-state index >= 15 is 0 Å². The summed E-state index contributed by atoms with van der Waals surface area (Å²) in [4.78, 5) is 0. The van der Waals surface area contributed by atoms with Crippen molar-refractivity contribution in [1.29, 1.82) is 0 Å². The Hall–Kier alpha value is -0.380. The van der Waals surface area contributed by atoms with Gasteiger partial charge in [-0.1, -0.05) is 35.0 Å². The van der Waals surface area contributed by atoms with Crippen molar-refractivity contribution in [1.82, 2.24) is 0 Å². The van der Waals surface area contributed by atoms with Gasteiger partial charge in [-0.05, 0) is 24.1 Å². The summed E-state index contributed by atoms with van der Waals surface area (Å²) in [7, 11) is 0. The Balaban J connectivity index is 3.03. The van der Waals surface area contributed by atoms with Crippen molar-refractivity contribution in [2.75, 3.05) is 0 Å². The molecule has 0 saturated carbocycles. The Morgan fingerprint density at radius 2 is 2.25 bits per heavy atom. The lowest BCUT2D eigenvalue weighted by Gasteiger charge is -2.21. The van der Waals surface area contributed by atoms with Crippen LogP contribution in [0.5, 0.6) is 0 Å². The number of nitrogens with two attached hydrogens (primary N) is 1. The van der Waals surface area contributed by atoms with Gasteiger partial charge in [-0.25, -0.2) is 0 Å². The van der Waals surface area contributed by atoms with Crippen molar-refractivity contribution < 1.29 is 5.11 Å². The molecule has 1 rings (SSSR count). The third-order valence-electron chi connectivity index (χ3n) is 1.86. The van der Waals surface area contributed by atoms with Crippen LogP contribution in [0.3, 0.4) is 0 Å². The van der Waals surface area contributed by atoms with Gasteiger partial charge in [0.1, 0.15) is 5.72 Å². The zero-order chi connectivity index (χ0) is 9.19. The minimum atomic E-state index is -1.20. The molecule has 2 nitrogen and oxygen atoms in total. The van der Waals surface area contributed by atoms with E-state index in [1.807, 2.05) is 31.2 Å². The third-order valence-corrected chi connectivity index (χ3v) is 2.36. The molecule has 0 aliphatic heterocycles. The highest BCUT2D eigenvalue weighted by atomic mass is 79.9. The predicted molar refractivity (Wildman–Crippen MR) is 52.5 cm³/mol. The Kier molecular flexibility index (Phi) is 2.88. The van der Waals surface area contributed by atoms with E-state index in [0.29, 0.717) is 6.42 Å². The van der Waals surface area contributed by atoms with Crippen LogP contribution >= 0.6 is 15.9 Å². The Morgan fingerprint density at radius 3 is 2.75 bits per heavy atom. The Morgan fingerprint density at radius 1 is 1.58 bits per heavy atom. The van der Waals surface area contributed by atoms with Gasteiger partial charge in [0, 0.05) is 4.47 Å². The standard InChI is InChI=1S/C9H12BrNO/c1-2-9(11,12)7-4-3-5-8(10)6-7/h3-6,12H,2,11H2,1H3. The molecule has 0 aromatic heterocycles. The molecule has 0 amide bonds. The average Bonchev–Trinajstić information content (AvgIpc) is 2.05. The lowest BCUT2D eigenvalue weighted by molar-refractivity contribution is 0.0394. The second kappa shape index (κ2) is 3.56. The Bertz CT molecular complexity index is 273. The molecule has 66 valence electrons. The Labute approximate surface area is 80.5 Å². The van der Waals surface area contributed by atoms with Gasteiger partial charge in [-0.3, -0.25) is 5.73 Å². The van der Waals surface area contributed by atoms with Crippen molar-refractivity contribution in [2.24, 2.45) is 5.73 Å². The smallest absolute Gasteiger partial charge is 0.139 e. The molecule has 3 N–H and O–H groups in total. The van der Waals surface area contributed by atoms with Crippen LogP contribution in [-0.4, -0.2) is 5.11 Å². The summed E-state index contributed by atoms with van der Waals surface area (Å²) in [6.45, 7) is 1.85. The van der Waals surface area contributed by atoms with Crippen LogP contribution in [0, 0.1) is 0 Å². The molecule has 1 aromatic rings. The highest BCUT2D eigenvalue weighted by Gasteiger charge is 2.20. The molecule has 0 fully saturated rings.